The fourth-order valence-electron chi connectivity index (χ4n) is 4.92. The molecule has 33 heavy (non-hydrogen) atoms. The van der Waals surface area contributed by atoms with Gasteiger partial charge in [-0.2, -0.15) is 0 Å². The summed E-state index contributed by atoms with van der Waals surface area (Å²) < 4.78 is 23.9. The topological polar surface area (TPSA) is 17.0 Å². The van der Waals surface area contributed by atoms with Crippen LogP contribution in [0.1, 0.15) is 11.1 Å². The molecule has 2 heterocycles. The molecular formula is C30H23FNO+. The molecule has 0 unspecified atom stereocenters. The maximum absolute atomic E-state index is 15.3. The number of nitrogens with zero attached hydrogens (tertiary/aromatic N) is 1. The van der Waals surface area contributed by atoms with E-state index in [0.29, 0.717) is 11.1 Å². The summed E-state index contributed by atoms with van der Waals surface area (Å²) >= 11 is 0. The highest BCUT2D eigenvalue weighted by Gasteiger charge is 2.23. The Bertz CT molecular complexity index is 1710. The van der Waals surface area contributed by atoms with Crippen molar-refractivity contribution >= 4 is 32.7 Å². The van der Waals surface area contributed by atoms with Gasteiger partial charge >= 0.3 is 0 Å². The first-order valence-corrected chi connectivity index (χ1v) is 11.1. The van der Waals surface area contributed by atoms with Crippen LogP contribution < -0.4 is 4.57 Å². The Morgan fingerprint density at radius 1 is 0.727 bits per heavy atom. The van der Waals surface area contributed by atoms with Crippen LogP contribution in [0.4, 0.5) is 4.39 Å². The third-order valence-electron chi connectivity index (χ3n) is 6.54. The molecule has 0 aliphatic rings. The molecule has 160 valence electrons. The number of benzene rings is 4. The van der Waals surface area contributed by atoms with E-state index in [1.807, 2.05) is 49.5 Å². The molecule has 0 aliphatic heterocycles. The van der Waals surface area contributed by atoms with Gasteiger partial charge in [-0.3, -0.25) is 0 Å². The van der Waals surface area contributed by atoms with Gasteiger partial charge in [-0.15, -0.1) is 0 Å². The highest BCUT2D eigenvalue weighted by Crippen LogP contribution is 2.41. The lowest BCUT2D eigenvalue weighted by Crippen LogP contribution is -2.31. The standard InChI is InChI=1S/C30H23FNO/c1-18-8-15-26(32(3)17-18)27-19(2)9-12-23-24-13-14-25(31)28(30(24)33-29(23)27)22-11-10-20-6-4-5-7-21(20)16-22/h4-17H,1-3H3/q+1. The van der Waals surface area contributed by atoms with E-state index in [9.17, 15) is 0 Å². The lowest BCUT2D eigenvalue weighted by molar-refractivity contribution is -0.660. The number of fused-ring (bicyclic) bond motifs is 4. The fourth-order valence-corrected chi connectivity index (χ4v) is 4.92. The molecule has 0 amide bonds. The van der Waals surface area contributed by atoms with Crippen molar-refractivity contribution in [1.82, 2.24) is 0 Å². The second-order valence-electron chi connectivity index (χ2n) is 8.80. The van der Waals surface area contributed by atoms with Crippen LogP contribution in [0.15, 0.2) is 89.5 Å². The minimum atomic E-state index is -0.281. The fraction of sp³-hybridized carbons (Fsp3) is 0.100. The van der Waals surface area contributed by atoms with E-state index in [2.05, 4.69) is 54.9 Å². The van der Waals surface area contributed by atoms with Crippen LogP contribution in [0.25, 0.3) is 55.1 Å². The van der Waals surface area contributed by atoms with Crippen molar-refractivity contribution < 1.29 is 13.4 Å². The monoisotopic (exact) mass is 432 g/mol. The zero-order chi connectivity index (χ0) is 22.7. The van der Waals surface area contributed by atoms with Crippen LogP contribution in [0.5, 0.6) is 0 Å². The summed E-state index contributed by atoms with van der Waals surface area (Å²) in [4.78, 5) is 0. The zero-order valence-corrected chi connectivity index (χ0v) is 18.8. The van der Waals surface area contributed by atoms with E-state index >= 15 is 4.39 Å². The van der Waals surface area contributed by atoms with Gasteiger partial charge in [0.25, 0.3) is 0 Å². The molecule has 6 aromatic rings. The molecule has 2 nitrogen and oxygen atoms in total. The Kier molecular flexibility index (Phi) is 4.34. The van der Waals surface area contributed by atoms with Gasteiger partial charge in [0.15, 0.2) is 6.20 Å². The molecule has 0 fully saturated rings. The third-order valence-corrected chi connectivity index (χ3v) is 6.54. The average Bonchev–Trinajstić information content (AvgIpc) is 3.18. The molecular weight excluding hydrogens is 409 g/mol. The van der Waals surface area contributed by atoms with Crippen molar-refractivity contribution in [2.45, 2.75) is 13.8 Å². The molecule has 0 saturated carbocycles. The molecule has 0 saturated heterocycles. The molecule has 0 spiro atoms. The minimum absolute atomic E-state index is 0.281. The Balaban J connectivity index is 1.69. The van der Waals surface area contributed by atoms with Gasteiger partial charge < -0.3 is 4.42 Å². The first-order chi connectivity index (χ1) is 16.0. The highest BCUT2D eigenvalue weighted by atomic mass is 19.1. The van der Waals surface area contributed by atoms with Gasteiger partial charge in [-0.25, -0.2) is 8.96 Å². The van der Waals surface area contributed by atoms with Crippen molar-refractivity contribution in [3.63, 3.8) is 0 Å². The van der Waals surface area contributed by atoms with E-state index in [1.54, 1.807) is 6.07 Å². The Morgan fingerprint density at radius 2 is 1.45 bits per heavy atom. The summed E-state index contributed by atoms with van der Waals surface area (Å²) in [6, 6.07) is 26.0. The summed E-state index contributed by atoms with van der Waals surface area (Å²) in [7, 11) is 2.05. The summed E-state index contributed by atoms with van der Waals surface area (Å²) in [5, 5.41) is 4.12. The van der Waals surface area contributed by atoms with Crippen molar-refractivity contribution in [1.29, 1.82) is 0 Å². The largest absolute Gasteiger partial charge is 0.454 e. The molecule has 4 aromatic carbocycles. The van der Waals surface area contributed by atoms with Gasteiger partial charge in [0.05, 0.1) is 11.1 Å². The second-order valence-corrected chi connectivity index (χ2v) is 8.80. The van der Waals surface area contributed by atoms with E-state index < -0.39 is 0 Å². The van der Waals surface area contributed by atoms with Crippen LogP contribution in [-0.4, -0.2) is 0 Å². The minimum Gasteiger partial charge on any atom is -0.454 e. The van der Waals surface area contributed by atoms with E-state index in [4.69, 9.17) is 4.42 Å². The van der Waals surface area contributed by atoms with Gasteiger partial charge in [0, 0.05) is 22.4 Å². The van der Waals surface area contributed by atoms with Crippen molar-refractivity contribution in [3.05, 3.63) is 102 Å². The molecule has 0 radical (unpaired) electrons. The molecule has 0 aliphatic carbocycles. The molecule has 0 bridgehead atoms. The molecule has 2 aromatic heterocycles. The first-order valence-electron chi connectivity index (χ1n) is 11.1. The second kappa shape index (κ2) is 7.28. The first kappa shape index (κ1) is 19.7. The quantitative estimate of drug-likeness (QED) is 0.257. The number of pyridine rings is 1. The third kappa shape index (κ3) is 3.04. The average molecular weight is 433 g/mol. The number of hydrogen-bond acceptors (Lipinski definition) is 1. The van der Waals surface area contributed by atoms with Crippen molar-refractivity contribution in [3.8, 4) is 22.4 Å². The number of aromatic nitrogens is 1. The lowest BCUT2D eigenvalue weighted by atomic mass is 9.97. The number of aryl methyl sites for hydroxylation is 3. The Hall–Kier alpha value is -3.98. The number of furan rings is 1. The normalized spacial score (nSPS) is 11.6. The van der Waals surface area contributed by atoms with Crippen LogP contribution in [0.2, 0.25) is 0 Å². The maximum Gasteiger partial charge on any atom is 0.216 e. The van der Waals surface area contributed by atoms with E-state index in [1.165, 1.54) is 5.56 Å². The lowest BCUT2D eigenvalue weighted by Gasteiger charge is -2.06. The van der Waals surface area contributed by atoms with Gasteiger partial charge in [-0.05, 0) is 60.0 Å². The van der Waals surface area contributed by atoms with Gasteiger partial charge in [-0.1, -0.05) is 48.5 Å². The summed E-state index contributed by atoms with van der Waals surface area (Å²) in [6.07, 6.45) is 2.11. The Labute approximate surface area is 191 Å². The predicted molar refractivity (Wildman–Crippen MR) is 133 cm³/mol. The molecule has 0 N–H and O–H groups in total. The Morgan fingerprint density at radius 3 is 2.24 bits per heavy atom. The van der Waals surface area contributed by atoms with Crippen LogP contribution in [0.3, 0.4) is 0 Å². The number of rotatable bonds is 2. The van der Waals surface area contributed by atoms with Crippen molar-refractivity contribution in [2.75, 3.05) is 0 Å². The molecule has 0 atom stereocenters. The van der Waals surface area contributed by atoms with Crippen LogP contribution in [-0.2, 0) is 7.05 Å². The van der Waals surface area contributed by atoms with Crippen LogP contribution in [0, 0.1) is 19.7 Å². The smallest absolute Gasteiger partial charge is 0.216 e. The van der Waals surface area contributed by atoms with Gasteiger partial charge in [0.1, 0.15) is 24.0 Å². The van der Waals surface area contributed by atoms with Crippen molar-refractivity contribution in [2.24, 2.45) is 7.05 Å². The highest BCUT2D eigenvalue weighted by molar-refractivity contribution is 6.13. The molecule has 3 heteroatoms. The summed E-state index contributed by atoms with van der Waals surface area (Å²) in [5.74, 6) is -0.281. The summed E-state index contributed by atoms with van der Waals surface area (Å²) in [6.45, 7) is 4.17. The summed E-state index contributed by atoms with van der Waals surface area (Å²) in [5.41, 5.74) is 7.11. The molecule has 6 rings (SSSR count). The van der Waals surface area contributed by atoms with E-state index in [-0.39, 0.29) is 5.82 Å². The van der Waals surface area contributed by atoms with Gasteiger partial charge in [0.2, 0.25) is 5.69 Å². The number of halogens is 1. The van der Waals surface area contributed by atoms with E-state index in [0.717, 1.165) is 49.5 Å². The SMILES string of the molecule is Cc1ccc(-c2c(C)ccc3c2oc2c(-c4ccc5ccccc5c4)c(F)ccc23)[n+](C)c1. The maximum atomic E-state index is 15.3. The van der Waals surface area contributed by atoms with Crippen LogP contribution >= 0.6 is 0 Å². The predicted octanol–water partition coefficient (Wildman–Crippen LogP) is 7.65. The zero-order valence-electron chi connectivity index (χ0n) is 18.8. The number of hydrogen-bond donors (Lipinski definition) is 0.